The Morgan fingerprint density at radius 2 is 1.77 bits per heavy atom. The van der Waals surface area contributed by atoms with Crippen molar-refractivity contribution in [1.82, 2.24) is 10.6 Å². The molecule has 0 aromatic heterocycles. The van der Waals surface area contributed by atoms with E-state index in [1.165, 1.54) is 24.3 Å². The van der Waals surface area contributed by atoms with E-state index in [0.717, 1.165) is 0 Å². The van der Waals surface area contributed by atoms with Crippen LogP contribution in [-0.4, -0.2) is 53.9 Å². The summed E-state index contributed by atoms with van der Waals surface area (Å²) in [7, 11) is -4.22. The van der Waals surface area contributed by atoms with E-state index in [4.69, 9.17) is 9.66 Å². The molecular formula is C12H16N2O7S. The maximum absolute atomic E-state index is 12.0. The van der Waals surface area contributed by atoms with Crippen LogP contribution >= 0.6 is 0 Å². The van der Waals surface area contributed by atoms with Crippen molar-refractivity contribution in [3.8, 4) is 5.75 Å². The molecule has 9 nitrogen and oxygen atoms in total. The van der Waals surface area contributed by atoms with Gasteiger partial charge in [-0.1, -0.05) is 12.1 Å². The number of aliphatic hydroxyl groups excluding tert-OH is 1. The Labute approximate surface area is 126 Å². The Morgan fingerprint density at radius 3 is 2.27 bits per heavy atom. The Kier molecular flexibility index (Phi) is 6.28. The molecule has 1 rings (SSSR count). The highest BCUT2D eigenvalue weighted by molar-refractivity contribution is 7.85. The van der Waals surface area contributed by atoms with E-state index in [-0.39, 0.29) is 12.3 Å². The molecular weight excluding hydrogens is 316 g/mol. The van der Waals surface area contributed by atoms with Gasteiger partial charge in [-0.2, -0.15) is 8.42 Å². The van der Waals surface area contributed by atoms with Gasteiger partial charge in [0.1, 0.15) is 18.4 Å². The van der Waals surface area contributed by atoms with E-state index in [2.05, 4.69) is 10.6 Å². The van der Waals surface area contributed by atoms with E-state index >= 15 is 0 Å². The summed E-state index contributed by atoms with van der Waals surface area (Å²) in [6, 6.07) is 4.21. The number of aliphatic hydroxyl groups is 1. The zero-order valence-electron chi connectivity index (χ0n) is 11.4. The van der Waals surface area contributed by atoms with E-state index in [9.17, 15) is 23.1 Å². The summed E-state index contributed by atoms with van der Waals surface area (Å²) >= 11 is 0. The van der Waals surface area contributed by atoms with Gasteiger partial charge in [0.15, 0.2) is 0 Å². The maximum atomic E-state index is 12.0. The lowest BCUT2D eigenvalue weighted by molar-refractivity contribution is -0.130. The molecule has 1 aromatic carbocycles. The van der Waals surface area contributed by atoms with Crippen molar-refractivity contribution in [3.05, 3.63) is 29.8 Å². The van der Waals surface area contributed by atoms with E-state index in [0.29, 0.717) is 5.56 Å². The lowest BCUT2D eigenvalue weighted by Gasteiger charge is -2.18. The second-order valence-corrected chi connectivity index (χ2v) is 5.90. The highest BCUT2D eigenvalue weighted by Gasteiger charge is 2.22. The molecule has 1 unspecified atom stereocenters. The van der Waals surface area contributed by atoms with Crippen LogP contribution in [0.5, 0.6) is 5.75 Å². The average Bonchev–Trinajstić information content (AvgIpc) is 2.44. The molecule has 0 aliphatic carbocycles. The summed E-state index contributed by atoms with van der Waals surface area (Å²) in [5.41, 5.74) is 0.323. The fourth-order valence-corrected chi connectivity index (χ4v) is 1.94. The van der Waals surface area contributed by atoms with Crippen LogP contribution in [-0.2, 0) is 19.7 Å². The number of carbonyl (C=O) groups excluding carboxylic acids is 2. The van der Waals surface area contributed by atoms with Gasteiger partial charge in [-0.15, -0.1) is 0 Å². The molecule has 5 N–H and O–H groups in total. The summed E-state index contributed by atoms with van der Waals surface area (Å²) in [6.07, 6.45) is 0. The van der Waals surface area contributed by atoms with Gasteiger partial charge in [0.25, 0.3) is 10.1 Å². The first-order valence-electron chi connectivity index (χ1n) is 6.15. The molecule has 10 heteroatoms. The average molecular weight is 332 g/mol. The molecule has 1 atom stereocenters. The standard InChI is InChI=1S/C12H16N2O7S/c15-7-10(17)14-11(8-1-3-9(16)4-2-8)12(18)13-5-6-22(19,20)21/h1-4,11,15-16H,5-7H2,(H,13,18)(H,14,17)(H,19,20,21). The van der Waals surface area contributed by atoms with Gasteiger partial charge in [0, 0.05) is 6.54 Å². The summed E-state index contributed by atoms with van der Waals surface area (Å²) in [5.74, 6) is -2.24. The molecule has 0 fully saturated rings. The van der Waals surface area contributed by atoms with Crippen molar-refractivity contribution in [2.24, 2.45) is 0 Å². The molecule has 0 radical (unpaired) electrons. The van der Waals surface area contributed by atoms with Crippen molar-refractivity contribution in [2.45, 2.75) is 6.04 Å². The van der Waals surface area contributed by atoms with Crippen molar-refractivity contribution < 1.29 is 32.8 Å². The van der Waals surface area contributed by atoms with E-state index in [1.807, 2.05) is 0 Å². The number of hydrogen-bond donors (Lipinski definition) is 5. The van der Waals surface area contributed by atoms with Crippen LogP contribution in [0.2, 0.25) is 0 Å². The third-order valence-corrected chi connectivity index (χ3v) is 3.32. The second-order valence-electron chi connectivity index (χ2n) is 4.33. The van der Waals surface area contributed by atoms with Gasteiger partial charge < -0.3 is 20.8 Å². The van der Waals surface area contributed by atoms with Gasteiger partial charge >= 0.3 is 0 Å². The largest absolute Gasteiger partial charge is 0.508 e. The minimum Gasteiger partial charge on any atom is -0.508 e. The van der Waals surface area contributed by atoms with Gasteiger partial charge in [-0.05, 0) is 17.7 Å². The molecule has 0 aliphatic heterocycles. The van der Waals surface area contributed by atoms with Gasteiger partial charge in [-0.3, -0.25) is 14.1 Å². The Hall–Kier alpha value is -2.17. The first-order chi connectivity index (χ1) is 10.2. The zero-order chi connectivity index (χ0) is 16.8. The number of amides is 2. The number of phenols is 1. The predicted molar refractivity (Wildman–Crippen MR) is 75.5 cm³/mol. The van der Waals surface area contributed by atoms with E-state index < -0.39 is 40.3 Å². The number of nitrogens with one attached hydrogen (secondary N) is 2. The first kappa shape index (κ1) is 17.9. The van der Waals surface area contributed by atoms with Gasteiger partial charge in [-0.25, -0.2) is 0 Å². The zero-order valence-corrected chi connectivity index (χ0v) is 12.2. The molecule has 0 saturated heterocycles. The highest BCUT2D eigenvalue weighted by Crippen LogP contribution is 2.17. The molecule has 2 amide bonds. The number of phenolic OH excluding ortho intramolecular Hbond substituents is 1. The van der Waals surface area contributed by atoms with Crippen molar-refractivity contribution in [1.29, 1.82) is 0 Å². The molecule has 0 heterocycles. The minimum atomic E-state index is -4.22. The predicted octanol–water partition coefficient (Wildman–Crippen LogP) is -1.45. The van der Waals surface area contributed by atoms with Crippen LogP contribution in [0.25, 0.3) is 0 Å². The number of carbonyl (C=O) groups is 2. The van der Waals surface area contributed by atoms with Crippen LogP contribution in [0, 0.1) is 0 Å². The fraction of sp³-hybridized carbons (Fsp3) is 0.333. The van der Waals surface area contributed by atoms with Crippen LogP contribution in [0.1, 0.15) is 11.6 Å². The minimum absolute atomic E-state index is 0.0391. The van der Waals surface area contributed by atoms with Gasteiger partial charge in [0.05, 0.1) is 5.75 Å². The van der Waals surface area contributed by atoms with Gasteiger partial charge in [0.2, 0.25) is 11.8 Å². The summed E-state index contributed by atoms with van der Waals surface area (Å²) in [5, 5.41) is 22.5. The molecule has 1 aromatic rings. The van der Waals surface area contributed by atoms with Crippen LogP contribution in [0.4, 0.5) is 0 Å². The maximum Gasteiger partial charge on any atom is 0.266 e. The SMILES string of the molecule is O=C(CO)NC(C(=O)NCCS(=O)(=O)O)c1ccc(O)cc1. The first-order valence-corrected chi connectivity index (χ1v) is 7.76. The van der Waals surface area contributed by atoms with Crippen LogP contribution < -0.4 is 10.6 Å². The quantitative estimate of drug-likeness (QED) is 0.383. The van der Waals surface area contributed by atoms with Crippen molar-refractivity contribution in [2.75, 3.05) is 18.9 Å². The van der Waals surface area contributed by atoms with E-state index in [1.54, 1.807) is 0 Å². The highest BCUT2D eigenvalue weighted by atomic mass is 32.2. The molecule has 0 spiro atoms. The van der Waals surface area contributed by atoms with Crippen molar-refractivity contribution >= 4 is 21.9 Å². The Balaban J connectivity index is 2.83. The topological polar surface area (TPSA) is 153 Å². The normalized spacial score (nSPS) is 12.5. The van der Waals surface area contributed by atoms with Crippen LogP contribution in [0.15, 0.2) is 24.3 Å². The molecule has 122 valence electrons. The monoisotopic (exact) mass is 332 g/mol. The third-order valence-electron chi connectivity index (χ3n) is 2.60. The summed E-state index contributed by atoms with van der Waals surface area (Å²) in [4.78, 5) is 23.3. The number of rotatable bonds is 7. The fourth-order valence-electron chi connectivity index (χ4n) is 1.58. The molecule has 0 aliphatic rings. The lowest BCUT2D eigenvalue weighted by atomic mass is 10.1. The van der Waals surface area contributed by atoms with Crippen molar-refractivity contribution in [3.63, 3.8) is 0 Å². The number of benzene rings is 1. The number of hydrogen-bond acceptors (Lipinski definition) is 6. The summed E-state index contributed by atoms with van der Waals surface area (Å²) < 4.78 is 29.8. The molecule has 0 saturated carbocycles. The lowest BCUT2D eigenvalue weighted by Crippen LogP contribution is -2.42. The summed E-state index contributed by atoms with van der Waals surface area (Å²) in [6.45, 7) is -1.17. The number of aromatic hydroxyl groups is 1. The molecule has 0 bridgehead atoms. The van der Waals surface area contributed by atoms with Crippen LogP contribution in [0.3, 0.4) is 0 Å². The Morgan fingerprint density at radius 1 is 1.18 bits per heavy atom. The Bertz CT molecular complexity index is 627. The smallest absolute Gasteiger partial charge is 0.266 e. The molecule has 22 heavy (non-hydrogen) atoms. The third kappa shape index (κ3) is 6.08. The second kappa shape index (κ2) is 7.73.